The zero-order valence-corrected chi connectivity index (χ0v) is 11.9. The van der Waals surface area contributed by atoms with Crippen LogP contribution in [0.3, 0.4) is 0 Å². The van der Waals surface area contributed by atoms with E-state index in [0.29, 0.717) is 0 Å². The molecule has 2 N–H and O–H groups in total. The highest BCUT2D eigenvalue weighted by Gasteiger charge is 2.41. The summed E-state index contributed by atoms with van der Waals surface area (Å²) < 4.78 is 6.40. The molecule has 5 atom stereocenters. The van der Waals surface area contributed by atoms with E-state index >= 15 is 0 Å². The Balaban J connectivity index is 1.54. The van der Waals surface area contributed by atoms with Crippen LogP contribution in [-0.2, 0) is 4.74 Å². The summed E-state index contributed by atoms with van der Waals surface area (Å²) in [7, 11) is 0. The van der Waals surface area contributed by atoms with Gasteiger partial charge in [-0.15, -0.1) is 0 Å². The maximum absolute atomic E-state index is 6.40. The SMILES string of the molecule is CC1CCCC(CN)(OCC2CC3CCC2C3)C1. The molecule has 0 spiro atoms. The van der Waals surface area contributed by atoms with Gasteiger partial charge in [0.15, 0.2) is 0 Å². The largest absolute Gasteiger partial charge is 0.373 e. The normalized spacial score (nSPS) is 47.7. The molecule has 3 saturated carbocycles. The minimum absolute atomic E-state index is 0.0273. The van der Waals surface area contributed by atoms with Crippen molar-refractivity contribution in [1.29, 1.82) is 0 Å². The third-order valence-electron chi connectivity index (χ3n) is 5.91. The molecule has 2 nitrogen and oxygen atoms in total. The molecule has 3 aliphatic carbocycles. The first-order chi connectivity index (χ1) is 8.71. The number of fused-ring (bicyclic) bond motifs is 2. The van der Waals surface area contributed by atoms with Crippen molar-refractivity contribution in [2.45, 2.75) is 63.9 Å². The van der Waals surface area contributed by atoms with Crippen LogP contribution < -0.4 is 5.73 Å². The summed E-state index contributed by atoms with van der Waals surface area (Å²) in [5, 5.41) is 0. The summed E-state index contributed by atoms with van der Waals surface area (Å²) in [4.78, 5) is 0. The first-order valence-corrected chi connectivity index (χ1v) is 8.05. The van der Waals surface area contributed by atoms with Crippen molar-refractivity contribution < 1.29 is 4.74 Å². The van der Waals surface area contributed by atoms with E-state index in [4.69, 9.17) is 10.5 Å². The number of hydrogen-bond acceptors (Lipinski definition) is 2. The van der Waals surface area contributed by atoms with Crippen molar-refractivity contribution in [2.24, 2.45) is 29.4 Å². The molecule has 3 rings (SSSR count). The van der Waals surface area contributed by atoms with Gasteiger partial charge in [0.05, 0.1) is 12.2 Å². The van der Waals surface area contributed by atoms with Crippen molar-refractivity contribution in [3.8, 4) is 0 Å². The zero-order chi connectivity index (χ0) is 12.6. The quantitative estimate of drug-likeness (QED) is 0.831. The van der Waals surface area contributed by atoms with E-state index in [1.807, 2.05) is 0 Å². The minimum atomic E-state index is 0.0273. The fourth-order valence-corrected chi connectivity index (χ4v) is 4.85. The standard InChI is InChI=1S/C16H29NO/c1-12-3-2-6-16(9-12,11-17)18-10-15-8-13-4-5-14(15)7-13/h12-15H,2-11,17H2,1H3. The lowest BCUT2D eigenvalue weighted by atomic mass is 9.78. The molecule has 0 radical (unpaired) electrons. The maximum Gasteiger partial charge on any atom is 0.0806 e. The van der Waals surface area contributed by atoms with Crippen LogP contribution in [0.2, 0.25) is 0 Å². The Morgan fingerprint density at radius 3 is 2.72 bits per heavy atom. The van der Waals surface area contributed by atoms with Gasteiger partial charge in [0.2, 0.25) is 0 Å². The fourth-order valence-electron chi connectivity index (χ4n) is 4.85. The van der Waals surface area contributed by atoms with Gasteiger partial charge in [0.1, 0.15) is 0 Å². The highest BCUT2D eigenvalue weighted by Crippen LogP contribution is 2.49. The minimum Gasteiger partial charge on any atom is -0.373 e. The summed E-state index contributed by atoms with van der Waals surface area (Å²) in [6, 6.07) is 0. The second kappa shape index (κ2) is 5.13. The Kier molecular flexibility index (Phi) is 3.68. The zero-order valence-electron chi connectivity index (χ0n) is 11.9. The second-order valence-corrected chi connectivity index (χ2v) is 7.33. The van der Waals surface area contributed by atoms with E-state index in [1.165, 1.54) is 51.4 Å². The van der Waals surface area contributed by atoms with Gasteiger partial charge in [-0.05, 0) is 55.8 Å². The van der Waals surface area contributed by atoms with E-state index < -0.39 is 0 Å². The Labute approximate surface area is 112 Å². The first-order valence-electron chi connectivity index (χ1n) is 8.05. The molecule has 18 heavy (non-hydrogen) atoms. The van der Waals surface area contributed by atoms with E-state index in [2.05, 4.69) is 6.92 Å². The van der Waals surface area contributed by atoms with Crippen molar-refractivity contribution in [1.82, 2.24) is 0 Å². The van der Waals surface area contributed by atoms with Crippen molar-refractivity contribution >= 4 is 0 Å². The van der Waals surface area contributed by atoms with Gasteiger partial charge in [-0.3, -0.25) is 0 Å². The summed E-state index contributed by atoms with van der Waals surface area (Å²) in [5.41, 5.74) is 6.06. The second-order valence-electron chi connectivity index (χ2n) is 7.33. The predicted molar refractivity (Wildman–Crippen MR) is 74.3 cm³/mol. The van der Waals surface area contributed by atoms with Crippen LogP contribution in [0.25, 0.3) is 0 Å². The van der Waals surface area contributed by atoms with Gasteiger partial charge in [-0.25, -0.2) is 0 Å². The van der Waals surface area contributed by atoms with E-state index in [0.717, 1.165) is 36.8 Å². The van der Waals surface area contributed by atoms with Crippen LogP contribution in [0.15, 0.2) is 0 Å². The van der Waals surface area contributed by atoms with E-state index in [-0.39, 0.29) is 5.60 Å². The van der Waals surface area contributed by atoms with Crippen molar-refractivity contribution in [3.05, 3.63) is 0 Å². The molecule has 0 aliphatic heterocycles. The molecular weight excluding hydrogens is 222 g/mol. The van der Waals surface area contributed by atoms with Crippen LogP contribution in [0.1, 0.15) is 58.3 Å². The van der Waals surface area contributed by atoms with Crippen LogP contribution in [-0.4, -0.2) is 18.8 Å². The first kappa shape index (κ1) is 12.9. The van der Waals surface area contributed by atoms with Crippen molar-refractivity contribution in [2.75, 3.05) is 13.2 Å². The highest BCUT2D eigenvalue weighted by molar-refractivity contribution is 4.92. The smallest absolute Gasteiger partial charge is 0.0806 e. The summed E-state index contributed by atoms with van der Waals surface area (Å²) in [5.74, 6) is 3.65. The monoisotopic (exact) mass is 251 g/mol. The van der Waals surface area contributed by atoms with Gasteiger partial charge in [-0.2, -0.15) is 0 Å². The van der Waals surface area contributed by atoms with Gasteiger partial charge in [0, 0.05) is 6.54 Å². The third-order valence-corrected chi connectivity index (χ3v) is 5.91. The predicted octanol–water partition coefficient (Wildman–Crippen LogP) is 3.35. The van der Waals surface area contributed by atoms with Crippen LogP contribution in [0, 0.1) is 23.7 Å². The lowest BCUT2D eigenvalue weighted by Gasteiger charge is -2.40. The van der Waals surface area contributed by atoms with E-state index in [1.54, 1.807) is 0 Å². The van der Waals surface area contributed by atoms with Crippen molar-refractivity contribution in [3.63, 3.8) is 0 Å². The summed E-state index contributed by atoms with van der Waals surface area (Å²) >= 11 is 0. The third kappa shape index (κ3) is 2.46. The molecule has 0 aromatic heterocycles. The average molecular weight is 251 g/mol. The molecule has 0 heterocycles. The highest BCUT2D eigenvalue weighted by atomic mass is 16.5. The molecular formula is C16H29NO. The molecule has 2 heteroatoms. The number of hydrogen-bond donors (Lipinski definition) is 1. The molecule has 5 unspecified atom stereocenters. The lowest BCUT2D eigenvalue weighted by Crippen LogP contribution is -2.45. The maximum atomic E-state index is 6.40. The van der Waals surface area contributed by atoms with E-state index in [9.17, 15) is 0 Å². The molecule has 3 fully saturated rings. The molecule has 0 amide bonds. The van der Waals surface area contributed by atoms with Crippen LogP contribution >= 0.6 is 0 Å². The van der Waals surface area contributed by atoms with Gasteiger partial charge < -0.3 is 10.5 Å². The Hall–Kier alpha value is -0.0800. The molecule has 0 aromatic rings. The average Bonchev–Trinajstić information content (AvgIpc) is 2.98. The Morgan fingerprint density at radius 2 is 2.11 bits per heavy atom. The molecule has 104 valence electrons. The van der Waals surface area contributed by atoms with Crippen LogP contribution in [0.5, 0.6) is 0 Å². The molecule has 0 aromatic carbocycles. The molecule has 3 aliphatic rings. The molecule has 0 saturated heterocycles. The fraction of sp³-hybridized carbons (Fsp3) is 1.00. The molecule has 2 bridgehead atoms. The summed E-state index contributed by atoms with van der Waals surface area (Å²) in [6.07, 6.45) is 10.9. The number of nitrogens with two attached hydrogens (primary N) is 1. The van der Waals surface area contributed by atoms with Gasteiger partial charge >= 0.3 is 0 Å². The lowest BCUT2D eigenvalue weighted by molar-refractivity contribution is -0.0919. The topological polar surface area (TPSA) is 35.2 Å². The van der Waals surface area contributed by atoms with Crippen LogP contribution in [0.4, 0.5) is 0 Å². The van der Waals surface area contributed by atoms with Gasteiger partial charge in [-0.1, -0.05) is 26.2 Å². The number of ether oxygens (including phenoxy) is 1. The summed E-state index contributed by atoms with van der Waals surface area (Å²) in [6.45, 7) is 4.06. The Bertz CT molecular complexity index is 293. The Morgan fingerprint density at radius 1 is 1.22 bits per heavy atom. The number of rotatable bonds is 4. The van der Waals surface area contributed by atoms with Gasteiger partial charge in [0.25, 0.3) is 0 Å².